The van der Waals surface area contributed by atoms with E-state index in [1.165, 1.54) is 0 Å². The lowest BCUT2D eigenvalue weighted by atomic mass is 9.93. The molecule has 2 aliphatic rings. The number of hydrogen-bond acceptors (Lipinski definition) is 5. The summed E-state index contributed by atoms with van der Waals surface area (Å²) in [5.74, 6) is -1.11. The number of non-ortho nitro benzene ring substituents is 1. The molecule has 2 aliphatic heterocycles. The Balaban J connectivity index is 2.04. The molecule has 1 fully saturated rings. The quantitative estimate of drug-likeness (QED) is 0.630. The Morgan fingerprint density at radius 1 is 1.25 bits per heavy atom. The molecule has 0 aromatic heterocycles. The molecule has 0 aliphatic carbocycles. The molecule has 7 nitrogen and oxygen atoms in total. The van der Waals surface area contributed by atoms with Crippen LogP contribution in [0, 0.1) is 10.1 Å². The highest BCUT2D eigenvalue weighted by Crippen LogP contribution is 2.40. The van der Waals surface area contributed by atoms with Gasteiger partial charge in [0, 0.05) is 12.1 Å². The Hall–Kier alpha value is -2.20. The monoisotopic (exact) mass is 347 g/mol. The van der Waals surface area contributed by atoms with E-state index in [4.69, 9.17) is 9.47 Å². The van der Waals surface area contributed by atoms with Gasteiger partial charge in [0.25, 0.3) is 5.69 Å². The molecule has 1 atom stereocenters. The SMILES string of the molecule is O=C1C[C@@]([NH+]2CCOCC2)(C(F)(F)F)Oc2ccc([N+](=O)[O-])cc21. The van der Waals surface area contributed by atoms with Crippen LogP contribution in [0.2, 0.25) is 0 Å². The number of nitro groups is 1. The molecular weight excluding hydrogens is 333 g/mol. The van der Waals surface area contributed by atoms with Gasteiger partial charge in [0.1, 0.15) is 25.3 Å². The number of nitrogens with zero attached hydrogens (tertiary/aromatic N) is 1. The number of quaternary nitrogens is 1. The lowest BCUT2D eigenvalue weighted by Crippen LogP contribution is -3.25. The van der Waals surface area contributed by atoms with E-state index < -0.39 is 29.0 Å². The summed E-state index contributed by atoms with van der Waals surface area (Å²) in [5, 5.41) is 10.8. The van der Waals surface area contributed by atoms with Gasteiger partial charge in [0.15, 0.2) is 5.78 Å². The maximum atomic E-state index is 13.8. The Morgan fingerprint density at radius 3 is 2.50 bits per heavy atom. The third-order valence-corrected chi connectivity index (χ3v) is 4.29. The number of nitrogens with one attached hydrogen (secondary N) is 1. The molecule has 0 amide bonds. The summed E-state index contributed by atoms with van der Waals surface area (Å²) >= 11 is 0. The van der Waals surface area contributed by atoms with Crippen LogP contribution < -0.4 is 9.64 Å². The molecule has 1 aromatic carbocycles. The van der Waals surface area contributed by atoms with Crippen molar-refractivity contribution in [3.63, 3.8) is 0 Å². The Bertz CT molecular complexity index is 687. The average Bonchev–Trinajstić information content (AvgIpc) is 2.54. The maximum Gasteiger partial charge on any atom is 0.486 e. The lowest BCUT2D eigenvalue weighted by Gasteiger charge is -2.44. The van der Waals surface area contributed by atoms with Crippen molar-refractivity contribution in [2.75, 3.05) is 26.3 Å². The van der Waals surface area contributed by atoms with Crippen molar-refractivity contribution in [3.05, 3.63) is 33.9 Å². The van der Waals surface area contributed by atoms with E-state index in [1.54, 1.807) is 0 Å². The lowest BCUT2D eigenvalue weighted by molar-refractivity contribution is -0.993. The second-order valence-corrected chi connectivity index (χ2v) is 5.68. The van der Waals surface area contributed by atoms with Gasteiger partial charge in [0.2, 0.25) is 0 Å². The molecule has 1 saturated heterocycles. The van der Waals surface area contributed by atoms with Crippen LogP contribution >= 0.6 is 0 Å². The number of ketones is 1. The summed E-state index contributed by atoms with van der Waals surface area (Å²) in [6.07, 6.45) is -5.70. The number of ether oxygens (including phenoxy) is 2. The highest BCUT2D eigenvalue weighted by molar-refractivity contribution is 6.00. The average molecular weight is 347 g/mol. The van der Waals surface area contributed by atoms with Gasteiger partial charge in [-0.05, 0) is 6.07 Å². The van der Waals surface area contributed by atoms with Crippen molar-refractivity contribution < 1.29 is 37.3 Å². The standard InChI is InChI=1S/C14H13F3N2O5/c15-14(16,17)13(18-3-5-23-6-4-18)8-11(20)10-7-9(19(21)22)1-2-12(10)24-13/h1-2,7H,3-6,8H2/p+1/t13-/m0/s1. The van der Waals surface area contributed by atoms with Crippen molar-refractivity contribution in [3.8, 4) is 5.75 Å². The van der Waals surface area contributed by atoms with E-state index in [0.29, 0.717) is 0 Å². The number of rotatable bonds is 2. The molecule has 130 valence electrons. The normalized spacial score (nSPS) is 25.0. The van der Waals surface area contributed by atoms with Crippen molar-refractivity contribution in [1.29, 1.82) is 0 Å². The summed E-state index contributed by atoms with van der Waals surface area (Å²) in [7, 11) is 0. The van der Waals surface area contributed by atoms with Gasteiger partial charge in [-0.3, -0.25) is 19.8 Å². The fraction of sp³-hybridized carbons (Fsp3) is 0.500. The highest BCUT2D eigenvalue weighted by atomic mass is 19.4. The molecule has 0 bridgehead atoms. The number of nitro benzene ring substituents is 1. The third-order valence-electron chi connectivity index (χ3n) is 4.29. The molecule has 10 heteroatoms. The van der Waals surface area contributed by atoms with Crippen LogP contribution in [0.15, 0.2) is 18.2 Å². The molecule has 1 aromatic rings. The van der Waals surface area contributed by atoms with Gasteiger partial charge in [0.05, 0.1) is 23.7 Å². The number of hydrogen-bond donors (Lipinski definition) is 1. The van der Waals surface area contributed by atoms with Crippen LogP contribution in [0.5, 0.6) is 5.75 Å². The number of morpholine rings is 1. The topological polar surface area (TPSA) is 83.1 Å². The first-order chi connectivity index (χ1) is 11.2. The number of halogens is 3. The first-order valence-electron chi connectivity index (χ1n) is 7.25. The van der Waals surface area contributed by atoms with Crippen molar-refractivity contribution in [1.82, 2.24) is 0 Å². The number of benzene rings is 1. The minimum absolute atomic E-state index is 0.0507. The Morgan fingerprint density at radius 2 is 1.92 bits per heavy atom. The minimum atomic E-state index is -4.78. The molecule has 2 heterocycles. The van der Waals surface area contributed by atoms with Crippen molar-refractivity contribution in [2.45, 2.75) is 18.3 Å². The molecule has 0 saturated carbocycles. The summed E-state index contributed by atoms with van der Waals surface area (Å²) in [6, 6.07) is 3.02. The molecule has 1 N–H and O–H groups in total. The molecule has 0 unspecified atom stereocenters. The van der Waals surface area contributed by atoms with Gasteiger partial charge >= 0.3 is 11.9 Å². The van der Waals surface area contributed by atoms with Gasteiger partial charge in [-0.15, -0.1) is 0 Å². The second kappa shape index (κ2) is 5.71. The third kappa shape index (κ3) is 2.61. The van der Waals surface area contributed by atoms with E-state index in [-0.39, 0.29) is 48.2 Å². The van der Waals surface area contributed by atoms with E-state index >= 15 is 0 Å². The zero-order valence-corrected chi connectivity index (χ0v) is 12.4. The Kier molecular flexibility index (Phi) is 3.96. The highest BCUT2D eigenvalue weighted by Gasteiger charge is 2.68. The van der Waals surface area contributed by atoms with Crippen LogP contribution in [-0.4, -0.2) is 48.9 Å². The summed E-state index contributed by atoms with van der Waals surface area (Å²) < 4.78 is 51.8. The maximum absolute atomic E-state index is 13.8. The number of carbonyl (C=O) groups is 1. The first kappa shape index (κ1) is 16.7. The Labute approximate surface area is 134 Å². The van der Waals surface area contributed by atoms with Crippen molar-refractivity contribution >= 4 is 11.5 Å². The van der Waals surface area contributed by atoms with Crippen LogP contribution in [0.3, 0.4) is 0 Å². The van der Waals surface area contributed by atoms with E-state index in [1.807, 2.05) is 0 Å². The molecule has 24 heavy (non-hydrogen) atoms. The van der Waals surface area contributed by atoms with Gasteiger partial charge in [-0.2, -0.15) is 13.2 Å². The van der Waals surface area contributed by atoms with Crippen LogP contribution in [-0.2, 0) is 4.74 Å². The number of carbonyl (C=O) groups excluding carboxylic acids is 1. The van der Waals surface area contributed by atoms with Gasteiger partial charge < -0.3 is 9.47 Å². The second-order valence-electron chi connectivity index (χ2n) is 5.68. The molecule has 0 spiro atoms. The van der Waals surface area contributed by atoms with Gasteiger partial charge in [-0.1, -0.05) is 0 Å². The number of fused-ring (bicyclic) bond motifs is 1. The number of alkyl halides is 3. The fourth-order valence-corrected chi connectivity index (χ4v) is 3.06. The van der Waals surface area contributed by atoms with Crippen LogP contribution in [0.1, 0.15) is 16.8 Å². The predicted octanol–water partition coefficient (Wildman–Crippen LogP) is 0.734. The molecule has 0 radical (unpaired) electrons. The summed E-state index contributed by atoms with van der Waals surface area (Å²) in [5.41, 5.74) is -3.27. The molecular formula is C14H14F3N2O5+. The molecule has 3 rings (SSSR count). The zero-order chi connectivity index (χ0) is 17.5. The van der Waals surface area contributed by atoms with E-state index in [2.05, 4.69) is 0 Å². The van der Waals surface area contributed by atoms with Crippen molar-refractivity contribution in [2.24, 2.45) is 0 Å². The van der Waals surface area contributed by atoms with E-state index in [9.17, 15) is 28.1 Å². The van der Waals surface area contributed by atoms with Gasteiger partial charge in [-0.25, -0.2) is 0 Å². The van der Waals surface area contributed by atoms with Crippen LogP contribution in [0.4, 0.5) is 18.9 Å². The minimum Gasteiger partial charge on any atom is -0.431 e. The summed E-state index contributed by atoms with van der Waals surface area (Å²) in [6.45, 7) is 0.375. The largest absolute Gasteiger partial charge is 0.486 e. The van der Waals surface area contributed by atoms with Crippen LogP contribution in [0.25, 0.3) is 0 Å². The zero-order valence-electron chi connectivity index (χ0n) is 12.4. The predicted molar refractivity (Wildman–Crippen MR) is 73.0 cm³/mol. The fourth-order valence-electron chi connectivity index (χ4n) is 3.06. The number of Topliss-reactive ketones (excluding diaryl/α,β-unsaturated/α-hetero) is 1. The summed E-state index contributed by atoms with van der Waals surface area (Å²) in [4.78, 5) is 22.5. The smallest absolute Gasteiger partial charge is 0.431 e. The first-order valence-corrected chi connectivity index (χ1v) is 7.25. The van der Waals surface area contributed by atoms with E-state index in [0.717, 1.165) is 18.2 Å².